The van der Waals surface area contributed by atoms with Crippen molar-refractivity contribution >= 4 is 11.6 Å². The fraction of sp³-hybridized carbons (Fsp3) is 0.300. The zero-order valence-corrected chi connectivity index (χ0v) is 8.03. The first-order valence-electron chi connectivity index (χ1n) is 4.39. The van der Waals surface area contributed by atoms with Crippen molar-refractivity contribution < 1.29 is 9.90 Å². The van der Waals surface area contributed by atoms with Crippen LogP contribution in [0, 0.1) is 0 Å². The van der Waals surface area contributed by atoms with Gasteiger partial charge in [0.2, 0.25) is 5.91 Å². The summed E-state index contributed by atoms with van der Waals surface area (Å²) in [6.07, 6.45) is 0. The maximum atomic E-state index is 10.8. The Morgan fingerprint density at radius 3 is 2.50 bits per heavy atom. The largest absolute Gasteiger partial charge is 0.387 e. The normalized spacial score (nSPS) is 12.2. The predicted molar refractivity (Wildman–Crippen MR) is 54.8 cm³/mol. The molecule has 4 N–H and O–H groups in total. The Bertz CT molecular complexity index is 306. The van der Waals surface area contributed by atoms with Gasteiger partial charge in [-0.1, -0.05) is 12.1 Å². The summed E-state index contributed by atoms with van der Waals surface area (Å²) >= 11 is 0. The molecule has 1 rings (SSSR count). The topological polar surface area (TPSA) is 75.3 Å². The van der Waals surface area contributed by atoms with E-state index in [-0.39, 0.29) is 6.04 Å². The Morgan fingerprint density at radius 1 is 1.50 bits per heavy atom. The van der Waals surface area contributed by atoms with Crippen molar-refractivity contribution in [3.63, 3.8) is 0 Å². The molecule has 1 aromatic carbocycles. The van der Waals surface area contributed by atoms with Crippen molar-refractivity contribution in [3.05, 3.63) is 29.8 Å². The highest BCUT2D eigenvalue weighted by molar-refractivity contribution is 5.91. The van der Waals surface area contributed by atoms with E-state index in [0.717, 1.165) is 5.56 Å². The third-order valence-electron chi connectivity index (χ3n) is 1.86. The number of hydrogen-bond acceptors (Lipinski definition) is 3. The summed E-state index contributed by atoms with van der Waals surface area (Å²) in [5.41, 5.74) is 7.33. The van der Waals surface area contributed by atoms with Crippen LogP contribution in [0.1, 0.15) is 18.5 Å². The van der Waals surface area contributed by atoms with Gasteiger partial charge in [-0.05, 0) is 24.6 Å². The summed E-state index contributed by atoms with van der Waals surface area (Å²) < 4.78 is 0. The van der Waals surface area contributed by atoms with Crippen molar-refractivity contribution in [2.45, 2.75) is 13.0 Å². The number of aliphatic hydroxyl groups excluding tert-OH is 1. The Morgan fingerprint density at radius 2 is 2.07 bits per heavy atom. The van der Waals surface area contributed by atoms with E-state index < -0.39 is 12.5 Å². The second-order valence-electron chi connectivity index (χ2n) is 3.12. The molecule has 0 aliphatic heterocycles. The van der Waals surface area contributed by atoms with Gasteiger partial charge in [0, 0.05) is 11.7 Å². The van der Waals surface area contributed by atoms with Crippen LogP contribution in [0.25, 0.3) is 0 Å². The molecule has 0 saturated heterocycles. The molecule has 0 aliphatic carbocycles. The van der Waals surface area contributed by atoms with E-state index >= 15 is 0 Å². The van der Waals surface area contributed by atoms with Crippen LogP contribution in [0.2, 0.25) is 0 Å². The maximum absolute atomic E-state index is 10.8. The molecule has 76 valence electrons. The van der Waals surface area contributed by atoms with E-state index in [1.54, 1.807) is 12.1 Å². The molecule has 4 nitrogen and oxygen atoms in total. The van der Waals surface area contributed by atoms with Gasteiger partial charge in [0.1, 0.15) is 6.61 Å². The first-order valence-corrected chi connectivity index (χ1v) is 4.39. The molecule has 0 aliphatic rings. The van der Waals surface area contributed by atoms with Crippen LogP contribution < -0.4 is 11.1 Å². The fourth-order valence-electron chi connectivity index (χ4n) is 1.07. The third kappa shape index (κ3) is 2.83. The molecule has 1 amide bonds. The number of nitrogens with one attached hydrogen (secondary N) is 1. The fourth-order valence-corrected chi connectivity index (χ4v) is 1.07. The summed E-state index contributed by atoms with van der Waals surface area (Å²) in [4.78, 5) is 10.8. The lowest BCUT2D eigenvalue weighted by atomic mass is 10.1. The van der Waals surface area contributed by atoms with Crippen LogP contribution >= 0.6 is 0 Å². The molecule has 14 heavy (non-hydrogen) atoms. The number of aliphatic hydroxyl groups is 1. The third-order valence-corrected chi connectivity index (χ3v) is 1.86. The monoisotopic (exact) mass is 194 g/mol. The van der Waals surface area contributed by atoms with E-state index in [1.807, 2.05) is 19.1 Å². The van der Waals surface area contributed by atoms with Crippen LogP contribution in [0.5, 0.6) is 0 Å². The predicted octanol–water partition coefficient (Wildman–Crippen LogP) is 0.637. The zero-order valence-electron chi connectivity index (χ0n) is 8.03. The van der Waals surface area contributed by atoms with Crippen LogP contribution in [0.4, 0.5) is 5.69 Å². The lowest BCUT2D eigenvalue weighted by Gasteiger charge is -2.07. The average molecular weight is 194 g/mol. The van der Waals surface area contributed by atoms with Crippen molar-refractivity contribution in [2.75, 3.05) is 11.9 Å². The molecule has 0 bridgehead atoms. The molecule has 0 fully saturated rings. The average Bonchev–Trinajstić information content (AvgIpc) is 2.18. The van der Waals surface area contributed by atoms with Crippen LogP contribution in [0.15, 0.2) is 24.3 Å². The van der Waals surface area contributed by atoms with Crippen LogP contribution in [-0.4, -0.2) is 17.6 Å². The van der Waals surface area contributed by atoms with Gasteiger partial charge in [0.25, 0.3) is 0 Å². The molecular formula is C10H14N2O2. The highest BCUT2D eigenvalue weighted by Crippen LogP contribution is 2.13. The second kappa shape index (κ2) is 4.74. The number of carbonyl (C=O) groups excluding carboxylic acids is 1. The lowest BCUT2D eigenvalue weighted by molar-refractivity contribution is -0.118. The minimum absolute atomic E-state index is 0.0161. The van der Waals surface area contributed by atoms with E-state index in [2.05, 4.69) is 5.32 Å². The van der Waals surface area contributed by atoms with Crippen molar-refractivity contribution in [2.24, 2.45) is 5.73 Å². The highest BCUT2D eigenvalue weighted by atomic mass is 16.3. The van der Waals surface area contributed by atoms with Crippen molar-refractivity contribution in [1.82, 2.24) is 0 Å². The maximum Gasteiger partial charge on any atom is 0.250 e. The standard InChI is InChI=1S/C10H14N2O2/c1-7(11)8-2-4-9(5-3-8)12-10(14)6-13/h2-5,7,13H,6,11H2,1H3,(H,12,14)/t7-/m1/s1. The quantitative estimate of drug-likeness (QED) is 0.660. The minimum Gasteiger partial charge on any atom is -0.387 e. The number of rotatable bonds is 3. The van der Waals surface area contributed by atoms with Gasteiger partial charge in [0.05, 0.1) is 0 Å². The summed E-state index contributed by atoms with van der Waals surface area (Å²) in [7, 11) is 0. The molecule has 0 aromatic heterocycles. The molecule has 1 aromatic rings. The molecular weight excluding hydrogens is 180 g/mol. The van der Waals surface area contributed by atoms with Crippen molar-refractivity contribution in [1.29, 1.82) is 0 Å². The van der Waals surface area contributed by atoms with E-state index in [9.17, 15) is 4.79 Å². The van der Waals surface area contributed by atoms with Gasteiger partial charge < -0.3 is 16.2 Å². The molecule has 1 atom stereocenters. The molecule has 4 heteroatoms. The molecule has 0 radical (unpaired) electrons. The summed E-state index contributed by atoms with van der Waals surface area (Å²) in [5.74, 6) is -0.418. The van der Waals surface area contributed by atoms with E-state index in [1.165, 1.54) is 0 Å². The van der Waals surface area contributed by atoms with Gasteiger partial charge in [-0.3, -0.25) is 4.79 Å². The molecule has 0 saturated carbocycles. The summed E-state index contributed by atoms with van der Waals surface area (Å²) in [6.45, 7) is 1.39. The number of nitrogens with two attached hydrogens (primary N) is 1. The number of anilines is 1. The van der Waals surface area contributed by atoms with Gasteiger partial charge in [-0.2, -0.15) is 0 Å². The molecule has 0 unspecified atom stereocenters. The Balaban J connectivity index is 2.69. The Hall–Kier alpha value is -1.39. The molecule has 0 spiro atoms. The van der Waals surface area contributed by atoms with E-state index in [4.69, 9.17) is 10.8 Å². The number of benzene rings is 1. The second-order valence-corrected chi connectivity index (χ2v) is 3.12. The minimum atomic E-state index is -0.505. The number of hydrogen-bond donors (Lipinski definition) is 3. The zero-order chi connectivity index (χ0) is 10.6. The first kappa shape index (κ1) is 10.7. The first-order chi connectivity index (χ1) is 6.63. The Kier molecular flexibility index (Phi) is 3.62. The van der Waals surface area contributed by atoms with Gasteiger partial charge >= 0.3 is 0 Å². The highest BCUT2D eigenvalue weighted by Gasteiger charge is 2.01. The van der Waals surface area contributed by atoms with Crippen molar-refractivity contribution in [3.8, 4) is 0 Å². The smallest absolute Gasteiger partial charge is 0.250 e. The van der Waals surface area contributed by atoms with E-state index in [0.29, 0.717) is 5.69 Å². The summed E-state index contributed by atoms with van der Waals surface area (Å²) in [6, 6.07) is 7.19. The lowest BCUT2D eigenvalue weighted by Crippen LogP contribution is -2.15. The number of amides is 1. The molecule has 0 heterocycles. The van der Waals surface area contributed by atoms with Gasteiger partial charge in [-0.25, -0.2) is 0 Å². The van der Waals surface area contributed by atoms with Gasteiger partial charge in [-0.15, -0.1) is 0 Å². The Labute approximate surface area is 82.7 Å². The van der Waals surface area contributed by atoms with Crippen LogP contribution in [0.3, 0.4) is 0 Å². The number of carbonyl (C=O) groups is 1. The van der Waals surface area contributed by atoms with Gasteiger partial charge in [0.15, 0.2) is 0 Å². The summed E-state index contributed by atoms with van der Waals surface area (Å²) in [5, 5.41) is 11.0. The SMILES string of the molecule is C[C@@H](N)c1ccc(NC(=O)CO)cc1. The van der Waals surface area contributed by atoms with Crippen LogP contribution in [-0.2, 0) is 4.79 Å².